The lowest BCUT2D eigenvalue weighted by Crippen LogP contribution is -2.28. The van der Waals surface area contributed by atoms with Crippen molar-refractivity contribution in [2.24, 2.45) is 0 Å². The second-order valence-electron chi connectivity index (χ2n) is 6.76. The molecule has 0 radical (unpaired) electrons. The maximum atomic E-state index is 13.3. The van der Waals surface area contributed by atoms with Crippen molar-refractivity contribution in [3.05, 3.63) is 81.5 Å². The minimum absolute atomic E-state index is 0.145. The third-order valence-corrected chi connectivity index (χ3v) is 5.73. The molecule has 1 amide bonds. The fourth-order valence-corrected chi connectivity index (χ4v) is 4.28. The number of aryl methyl sites for hydroxylation is 2. The molecule has 0 bridgehead atoms. The van der Waals surface area contributed by atoms with Crippen LogP contribution in [0.25, 0.3) is 21.3 Å². The number of fused-ring (bicyclic) bond motifs is 1. The molecule has 7 heteroatoms. The second kappa shape index (κ2) is 7.60. The zero-order valence-corrected chi connectivity index (χ0v) is 16.7. The number of hydrogen-bond donors (Lipinski definition) is 1. The Morgan fingerprint density at radius 1 is 1.14 bits per heavy atom. The van der Waals surface area contributed by atoms with E-state index in [1.54, 1.807) is 12.1 Å². The van der Waals surface area contributed by atoms with Crippen LogP contribution in [0.15, 0.2) is 59.7 Å². The molecule has 0 saturated carbocycles. The third-order valence-electron chi connectivity index (χ3n) is 4.72. The van der Waals surface area contributed by atoms with Crippen LogP contribution in [-0.4, -0.2) is 15.5 Å². The van der Waals surface area contributed by atoms with Crippen molar-refractivity contribution in [2.45, 2.75) is 20.4 Å². The van der Waals surface area contributed by atoms with Crippen LogP contribution in [0.3, 0.4) is 0 Å². The number of hydrogen-bond acceptors (Lipinski definition) is 4. The summed E-state index contributed by atoms with van der Waals surface area (Å²) in [5.74, 6) is -0.646. The molecule has 0 spiro atoms. The summed E-state index contributed by atoms with van der Waals surface area (Å²) >= 11 is 1.41. The largest absolute Gasteiger partial charge is 0.324 e. The van der Waals surface area contributed by atoms with Gasteiger partial charge in [-0.3, -0.25) is 14.2 Å². The molecule has 5 nitrogen and oxygen atoms in total. The highest BCUT2D eigenvalue weighted by Crippen LogP contribution is 2.35. The lowest BCUT2D eigenvalue weighted by atomic mass is 10.0. The molecule has 0 aliphatic heterocycles. The van der Waals surface area contributed by atoms with E-state index in [0.717, 1.165) is 21.6 Å². The molecule has 0 atom stereocenters. The fraction of sp³-hybridized carbons (Fsp3) is 0.136. The Balaban J connectivity index is 1.71. The van der Waals surface area contributed by atoms with E-state index in [1.165, 1.54) is 34.4 Å². The molecule has 29 heavy (non-hydrogen) atoms. The number of thiophene rings is 1. The molecular weight excluding hydrogens is 389 g/mol. The average Bonchev–Trinajstić information content (AvgIpc) is 3.03. The Morgan fingerprint density at radius 2 is 1.86 bits per heavy atom. The van der Waals surface area contributed by atoms with Gasteiger partial charge in [-0.2, -0.15) is 0 Å². The summed E-state index contributed by atoms with van der Waals surface area (Å²) in [5.41, 5.74) is 2.83. The van der Waals surface area contributed by atoms with Crippen LogP contribution in [0.2, 0.25) is 0 Å². The molecule has 0 aliphatic carbocycles. The number of rotatable bonds is 4. The van der Waals surface area contributed by atoms with E-state index in [1.807, 2.05) is 38.1 Å². The highest BCUT2D eigenvalue weighted by molar-refractivity contribution is 7.19. The first-order valence-corrected chi connectivity index (χ1v) is 9.85. The number of para-hydroxylation sites is 1. The number of carbonyl (C=O) groups excluding carboxylic acids is 1. The summed E-state index contributed by atoms with van der Waals surface area (Å²) in [6.45, 7) is 3.66. The maximum Gasteiger partial charge on any atom is 0.263 e. The first-order chi connectivity index (χ1) is 13.9. The number of aromatic nitrogens is 2. The van der Waals surface area contributed by atoms with Crippen LogP contribution < -0.4 is 10.9 Å². The van der Waals surface area contributed by atoms with Gasteiger partial charge >= 0.3 is 0 Å². The molecule has 4 aromatic rings. The Hall–Kier alpha value is -3.32. The average molecular weight is 407 g/mol. The van der Waals surface area contributed by atoms with Gasteiger partial charge in [-0.25, -0.2) is 9.37 Å². The molecule has 146 valence electrons. The summed E-state index contributed by atoms with van der Waals surface area (Å²) in [6.07, 6.45) is 1.40. The summed E-state index contributed by atoms with van der Waals surface area (Å²) < 4.78 is 14.6. The van der Waals surface area contributed by atoms with Crippen molar-refractivity contribution in [3.8, 4) is 11.1 Å². The Labute approximate surface area is 170 Å². The van der Waals surface area contributed by atoms with Gasteiger partial charge in [0.1, 0.15) is 17.2 Å². The minimum atomic E-state index is -0.339. The normalized spacial score (nSPS) is 11.0. The van der Waals surface area contributed by atoms with Gasteiger partial charge < -0.3 is 5.32 Å². The van der Waals surface area contributed by atoms with Gasteiger partial charge in [-0.15, -0.1) is 11.3 Å². The molecule has 1 N–H and O–H groups in total. The van der Waals surface area contributed by atoms with Crippen molar-refractivity contribution in [3.63, 3.8) is 0 Å². The number of nitrogens with zero attached hydrogens (tertiary/aromatic N) is 2. The Bertz CT molecular complexity index is 1280. The van der Waals surface area contributed by atoms with E-state index in [0.29, 0.717) is 15.9 Å². The van der Waals surface area contributed by atoms with Gasteiger partial charge in [-0.05, 0) is 43.2 Å². The first kappa shape index (κ1) is 19.0. The van der Waals surface area contributed by atoms with Crippen molar-refractivity contribution in [1.29, 1.82) is 0 Å². The smallest absolute Gasteiger partial charge is 0.263 e. The maximum absolute atomic E-state index is 13.3. The van der Waals surface area contributed by atoms with E-state index < -0.39 is 0 Å². The molecule has 0 saturated heterocycles. The number of halogens is 1. The fourth-order valence-electron chi connectivity index (χ4n) is 3.27. The number of anilines is 1. The molecule has 0 fully saturated rings. The SMILES string of the molecule is Cc1ccccc1NC(=O)Cn1cnc2sc(C)c(-c3ccc(F)cc3)c2c1=O. The van der Waals surface area contributed by atoms with Crippen LogP contribution in [0.4, 0.5) is 10.1 Å². The van der Waals surface area contributed by atoms with E-state index in [2.05, 4.69) is 10.3 Å². The van der Waals surface area contributed by atoms with Gasteiger partial charge in [0.05, 0.1) is 11.7 Å². The van der Waals surface area contributed by atoms with Crippen LogP contribution >= 0.6 is 11.3 Å². The van der Waals surface area contributed by atoms with Crippen LogP contribution in [0, 0.1) is 19.7 Å². The third kappa shape index (κ3) is 3.69. The van der Waals surface area contributed by atoms with Crippen LogP contribution in [0.5, 0.6) is 0 Å². The summed E-state index contributed by atoms with van der Waals surface area (Å²) in [6, 6.07) is 13.5. The summed E-state index contributed by atoms with van der Waals surface area (Å²) in [5, 5.41) is 3.28. The highest BCUT2D eigenvalue weighted by atomic mass is 32.1. The van der Waals surface area contributed by atoms with Crippen LogP contribution in [-0.2, 0) is 11.3 Å². The van der Waals surface area contributed by atoms with Crippen LogP contribution in [0.1, 0.15) is 10.4 Å². The van der Waals surface area contributed by atoms with Gasteiger partial charge in [0.2, 0.25) is 5.91 Å². The molecule has 2 aromatic heterocycles. The first-order valence-electron chi connectivity index (χ1n) is 9.04. The minimum Gasteiger partial charge on any atom is -0.324 e. The van der Waals surface area contributed by atoms with E-state index >= 15 is 0 Å². The topological polar surface area (TPSA) is 64.0 Å². The van der Waals surface area contributed by atoms with Gasteiger partial charge in [0.15, 0.2) is 0 Å². The highest BCUT2D eigenvalue weighted by Gasteiger charge is 2.18. The van der Waals surface area contributed by atoms with Crippen molar-refractivity contribution in [2.75, 3.05) is 5.32 Å². The zero-order valence-electron chi connectivity index (χ0n) is 15.9. The number of nitrogens with one attached hydrogen (secondary N) is 1. The Morgan fingerprint density at radius 3 is 2.59 bits per heavy atom. The van der Waals surface area contributed by atoms with Crippen molar-refractivity contribution >= 4 is 33.1 Å². The van der Waals surface area contributed by atoms with Gasteiger partial charge in [0.25, 0.3) is 5.56 Å². The lowest BCUT2D eigenvalue weighted by Gasteiger charge is -2.09. The lowest BCUT2D eigenvalue weighted by molar-refractivity contribution is -0.116. The predicted molar refractivity (Wildman–Crippen MR) is 114 cm³/mol. The van der Waals surface area contributed by atoms with Crippen molar-refractivity contribution < 1.29 is 9.18 Å². The zero-order chi connectivity index (χ0) is 20.5. The monoisotopic (exact) mass is 407 g/mol. The van der Waals surface area contributed by atoms with Gasteiger partial charge in [-0.1, -0.05) is 30.3 Å². The Kier molecular flexibility index (Phi) is 4.98. The number of carbonyl (C=O) groups is 1. The number of benzene rings is 2. The quantitative estimate of drug-likeness (QED) is 0.541. The molecule has 2 aromatic carbocycles. The van der Waals surface area contributed by atoms with Gasteiger partial charge in [0, 0.05) is 16.1 Å². The van der Waals surface area contributed by atoms with E-state index in [-0.39, 0.29) is 23.8 Å². The molecular formula is C22H18FN3O2S. The summed E-state index contributed by atoms with van der Waals surface area (Å²) in [7, 11) is 0. The standard InChI is InChI=1S/C22H18FN3O2S/c1-13-5-3-4-6-17(13)25-18(27)11-26-12-24-21-20(22(26)28)19(14(2)29-21)15-7-9-16(23)10-8-15/h3-10,12H,11H2,1-2H3,(H,25,27). The predicted octanol–water partition coefficient (Wildman–Crippen LogP) is 4.52. The van der Waals surface area contributed by atoms with Crippen molar-refractivity contribution in [1.82, 2.24) is 9.55 Å². The molecule has 0 unspecified atom stereocenters. The second-order valence-corrected chi connectivity index (χ2v) is 7.96. The van der Waals surface area contributed by atoms with E-state index in [4.69, 9.17) is 0 Å². The number of amides is 1. The van der Waals surface area contributed by atoms with E-state index in [9.17, 15) is 14.0 Å². The molecule has 0 aliphatic rings. The molecule has 4 rings (SSSR count). The summed E-state index contributed by atoms with van der Waals surface area (Å²) in [4.78, 5) is 31.5. The molecule has 2 heterocycles.